The summed E-state index contributed by atoms with van der Waals surface area (Å²) in [5.41, 5.74) is 5.19. The van der Waals surface area contributed by atoms with Crippen molar-refractivity contribution in [2.75, 3.05) is 33.0 Å². The number of nitrogens with two attached hydrogens (primary N) is 1. The molecule has 0 amide bonds. The van der Waals surface area contributed by atoms with Gasteiger partial charge in [-0.2, -0.15) is 0 Å². The second-order valence-corrected chi connectivity index (χ2v) is 9.51. The van der Waals surface area contributed by atoms with E-state index in [1.165, 1.54) is 77.0 Å². The summed E-state index contributed by atoms with van der Waals surface area (Å²) in [7, 11) is -4.14. The van der Waals surface area contributed by atoms with Gasteiger partial charge in [0, 0.05) is 13.2 Å². The zero-order valence-electron chi connectivity index (χ0n) is 19.7. The molecule has 0 fully saturated rings. The van der Waals surface area contributed by atoms with E-state index in [9.17, 15) is 14.6 Å². The third-order valence-corrected chi connectivity index (χ3v) is 5.90. The molecule has 0 aromatic heterocycles. The van der Waals surface area contributed by atoms with Crippen molar-refractivity contribution >= 4 is 7.82 Å². The molecule has 0 spiro atoms. The molecule has 186 valence electrons. The highest BCUT2D eigenvalue weighted by Gasteiger charge is 2.22. The van der Waals surface area contributed by atoms with Gasteiger partial charge in [0.15, 0.2) is 0 Å². The van der Waals surface area contributed by atoms with Crippen LogP contribution in [0.1, 0.15) is 96.8 Å². The molecule has 0 aliphatic carbocycles. The molecular formula is C23H48NO6P. The number of unbranched alkanes of at least 4 members (excludes halogenated alkanes) is 12. The standard InChI is InChI=1S/C23H48NO6P/c1-2-3-4-5-6-7-8-9-10-11-12-13-14-15-16-17-19-28-21-23(25)22-30-31(26,27)29-20-18-24/h9-10,23,25H,2-8,11-22,24H2,1H3,(H,26,27)/b10-9-/t23-/m1/s1. The largest absolute Gasteiger partial charge is 0.472 e. The van der Waals surface area contributed by atoms with E-state index in [-0.39, 0.29) is 26.4 Å². The SMILES string of the molecule is CCCCCCCC/C=C\CCCCCCCCOC[C@@H](O)COP(=O)(O)OCCN. The topological polar surface area (TPSA) is 111 Å². The van der Waals surface area contributed by atoms with Gasteiger partial charge >= 0.3 is 7.82 Å². The normalized spacial score (nSPS) is 14.8. The second kappa shape index (κ2) is 22.9. The van der Waals surface area contributed by atoms with Gasteiger partial charge in [-0.1, -0.05) is 76.9 Å². The van der Waals surface area contributed by atoms with E-state index >= 15 is 0 Å². The van der Waals surface area contributed by atoms with Crippen LogP contribution in [0.5, 0.6) is 0 Å². The first-order valence-corrected chi connectivity index (χ1v) is 13.7. The van der Waals surface area contributed by atoms with Gasteiger partial charge in [0.2, 0.25) is 0 Å². The van der Waals surface area contributed by atoms with Gasteiger partial charge in [0.1, 0.15) is 6.10 Å². The lowest BCUT2D eigenvalue weighted by Crippen LogP contribution is -2.22. The van der Waals surface area contributed by atoms with Crippen molar-refractivity contribution in [1.29, 1.82) is 0 Å². The molecule has 0 aliphatic heterocycles. The molecule has 0 heterocycles. The first kappa shape index (κ1) is 30.7. The van der Waals surface area contributed by atoms with Crippen molar-refractivity contribution in [3.05, 3.63) is 12.2 Å². The molecule has 31 heavy (non-hydrogen) atoms. The predicted octanol–water partition coefficient (Wildman–Crippen LogP) is 5.49. The summed E-state index contributed by atoms with van der Waals surface area (Å²) in [6, 6.07) is 0. The maximum Gasteiger partial charge on any atom is 0.472 e. The number of aliphatic hydroxyl groups is 1. The van der Waals surface area contributed by atoms with E-state index in [0.717, 1.165) is 12.8 Å². The Morgan fingerprint density at radius 2 is 1.35 bits per heavy atom. The Bertz CT molecular complexity index is 450. The number of rotatable bonds is 24. The Hall–Kier alpha value is -0.270. The molecular weight excluding hydrogens is 417 g/mol. The molecule has 7 nitrogen and oxygen atoms in total. The number of allylic oxidation sites excluding steroid dienone is 2. The summed E-state index contributed by atoms with van der Waals surface area (Å²) in [5, 5.41) is 9.70. The first-order valence-electron chi connectivity index (χ1n) is 12.2. The van der Waals surface area contributed by atoms with Gasteiger partial charge in [-0.15, -0.1) is 0 Å². The monoisotopic (exact) mass is 465 g/mol. The zero-order chi connectivity index (χ0) is 23.0. The lowest BCUT2D eigenvalue weighted by Gasteiger charge is -2.15. The molecule has 0 saturated heterocycles. The van der Waals surface area contributed by atoms with Gasteiger partial charge in [-0.05, 0) is 32.1 Å². The molecule has 0 rings (SSSR count). The molecule has 2 atom stereocenters. The summed E-state index contributed by atoms with van der Waals surface area (Å²) in [4.78, 5) is 9.32. The van der Waals surface area contributed by atoms with Crippen molar-refractivity contribution in [2.24, 2.45) is 5.73 Å². The summed E-state index contributed by atoms with van der Waals surface area (Å²) >= 11 is 0. The minimum Gasteiger partial charge on any atom is -0.388 e. The quantitative estimate of drug-likeness (QED) is 0.0981. The highest BCUT2D eigenvalue weighted by atomic mass is 31.2. The minimum atomic E-state index is -4.14. The highest BCUT2D eigenvalue weighted by molar-refractivity contribution is 7.47. The van der Waals surface area contributed by atoms with Crippen LogP contribution in [0.3, 0.4) is 0 Å². The fourth-order valence-electron chi connectivity index (χ4n) is 3.10. The van der Waals surface area contributed by atoms with Crippen LogP contribution in [0, 0.1) is 0 Å². The van der Waals surface area contributed by atoms with E-state index in [1.807, 2.05) is 0 Å². The summed E-state index contributed by atoms with van der Waals surface area (Å²) in [6.07, 6.45) is 21.4. The van der Waals surface area contributed by atoms with E-state index in [0.29, 0.717) is 6.61 Å². The Balaban J connectivity index is 3.32. The van der Waals surface area contributed by atoms with Crippen LogP contribution in [0.15, 0.2) is 12.2 Å². The lowest BCUT2D eigenvalue weighted by atomic mass is 10.1. The van der Waals surface area contributed by atoms with Crippen LogP contribution in [-0.4, -0.2) is 49.1 Å². The molecule has 4 N–H and O–H groups in total. The Kier molecular flexibility index (Phi) is 22.7. The first-order chi connectivity index (χ1) is 15.0. The summed E-state index contributed by atoms with van der Waals surface area (Å²) < 4.78 is 26.1. The Morgan fingerprint density at radius 1 is 0.806 bits per heavy atom. The fourth-order valence-corrected chi connectivity index (χ4v) is 3.88. The lowest BCUT2D eigenvalue weighted by molar-refractivity contribution is 0.00230. The maximum absolute atomic E-state index is 11.4. The third kappa shape index (κ3) is 24.2. The smallest absolute Gasteiger partial charge is 0.388 e. The van der Waals surface area contributed by atoms with Crippen LogP contribution in [0.2, 0.25) is 0 Å². The molecule has 0 aromatic carbocycles. The molecule has 8 heteroatoms. The van der Waals surface area contributed by atoms with E-state index < -0.39 is 13.9 Å². The number of aliphatic hydroxyl groups excluding tert-OH is 1. The van der Waals surface area contributed by atoms with Crippen LogP contribution in [0.4, 0.5) is 0 Å². The maximum atomic E-state index is 11.4. The van der Waals surface area contributed by atoms with Crippen LogP contribution >= 0.6 is 7.82 Å². The second-order valence-electron chi connectivity index (χ2n) is 8.05. The van der Waals surface area contributed by atoms with Gasteiger partial charge in [0.25, 0.3) is 0 Å². The number of ether oxygens (including phenoxy) is 1. The highest BCUT2D eigenvalue weighted by Crippen LogP contribution is 2.42. The van der Waals surface area contributed by atoms with Crippen LogP contribution < -0.4 is 5.73 Å². The molecule has 0 bridgehead atoms. The predicted molar refractivity (Wildman–Crippen MR) is 127 cm³/mol. The Labute approximate surface area is 190 Å². The minimum absolute atomic E-state index is 0.0714. The van der Waals surface area contributed by atoms with Gasteiger partial charge in [0.05, 0.1) is 19.8 Å². The molecule has 1 unspecified atom stereocenters. The summed E-state index contributed by atoms with van der Waals surface area (Å²) in [6.45, 7) is 2.63. The third-order valence-electron chi connectivity index (χ3n) is 4.91. The number of hydrogen-bond acceptors (Lipinski definition) is 6. The molecule has 0 aliphatic rings. The van der Waals surface area contributed by atoms with Crippen molar-refractivity contribution in [1.82, 2.24) is 0 Å². The summed E-state index contributed by atoms with van der Waals surface area (Å²) in [5.74, 6) is 0. The molecule has 0 saturated carbocycles. The van der Waals surface area contributed by atoms with Crippen molar-refractivity contribution in [3.63, 3.8) is 0 Å². The average molecular weight is 466 g/mol. The van der Waals surface area contributed by atoms with E-state index in [4.69, 9.17) is 10.5 Å². The van der Waals surface area contributed by atoms with Gasteiger partial charge in [-0.25, -0.2) is 4.57 Å². The fraction of sp³-hybridized carbons (Fsp3) is 0.913. The van der Waals surface area contributed by atoms with Crippen LogP contribution in [0.25, 0.3) is 0 Å². The van der Waals surface area contributed by atoms with Crippen molar-refractivity contribution in [2.45, 2.75) is 103 Å². The van der Waals surface area contributed by atoms with Crippen molar-refractivity contribution in [3.8, 4) is 0 Å². The van der Waals surface area contributed by atoms with E-state index in [1.54, 1.807) is 0 Å². The number of phosphoric ester groups is 1. The molecule has 0 aromatic rings. The molecule has 0 radical (unpaired) electrons. The van der Waals surface area contributed by atoms with Crippen LogP contribution in [-0.2, 0) is 18.3 Å². The van der Waals surface area contributed by atoms with Gasteiger partial charge in [-0.3, -0.25) is 9.05 Å². The van der Waals surface area contributed by atoms with Crippen molar-refractivity contribution < 1.29 is 28.3 Å². The Morgan fingerprint density at radius 3 is 1.94 bits per heavy atom. The van der Waals surface area contributed by atoms with Gasteiger partial charge < -0.3 is 20.5 Å². The number of phosphoric acid groups is 1. The van der Waals surface area contributed by atoms with E-state index in [2.05, 4.69) is 28.1 Å². The average Bonchev–Trinajstić information content (AvgIpc) is 2.75. The zero-order valence-corrected chi connectivity index (χ0v) is 20.6. The number of hydrogen-bond donors (Lipinski definition) is 3.